The van der Waals surface area contributed by atoms with Crippen LogP contribution in [0.4, 0.5) is 4.39 Å². The molecule has 0 aliphatic carbocycles. The molecule has 0 radical (unpaired) electrons. The fraction of sp³-hybridized carbons (Fsp3) is 0.333. The lowest BCUT2D eigenvalue weighted by molar-refractivity contribution is 0.586. The molecule has 0 aliphatic heterocycles. The van der Waals surface area contributed by atoms with Crippen molar-refractivity contribution in [3.63, 3.8) is 0 Å². The molecule has 0 fully saturated rings. The number of rotatable bonds is 6. The van der Waals surface area contributed by atoms with E-state index < -0.39 is 15.7 Å². The molecular weight excluding hydrogens is 586 g/mol. The van der Waals surface area contributed by atoms with Gasteiger partial charge in [0.15, 0.2) is 15.8 Å². The average Bonchev–Trinajstić information content (AvgIpc) is 3.12. The minimum Gasteiger partial charge on any atom is -0.370 e. The van der Waals surface area contributed by atoms with E-state index in [0.29, 0.717) is 21.4 Å². The SMILES string of the molecule is CN=C(N)N/C(=C\CI)c1sc(C(C)(C)C)nc1-c1cc(F)cc(/C=C\S(C)(=O)=O)c1Cl. The molecule has 0 aliphatic rings. The van der Waals surface area contributed by atoms with Crippen molar-refractivity contribution >= 4 is 73.1 Å². The van der Waals surface area contributed by atoms with Gasteiger partial charge in [-0.2, -0.15) is 0 Å². The van der Waals surface area contributed by atoms with Crippen LogP contribution in [-0.2, 0) is 15.3 Å². The molecule has 0 unspecified atom stereocenters. The van der Waals surface area contributed by atoms with Crippen LogP contribution in [0.15, 0.2) is 28.6 Å². The van der Waals surface area contributed by atoms with Gasteiger partial charge < -0.3 is 11.1 Å². The summed E-state index contributed by atoms with van der Waals surface area (Å²) in [5.74, 6) is -0.337. The molecule has 0 atom stereocenters. The van der Waals surface area contributed by atoms with Gasteiger partial charge in [0, 0.05) is 34.1 Å². The Labute approximate surface area is 210 Å². The van der Waals surface area contributed by atoms with Gasteiger partial charge in [0.05, 0.1) is 26.3 Å². The summed E-state index contributed by atoms with van der Waals surface area (Å²) >= 11 is 10.3. The number of hydrogen-bond acceptors (Lipinski definition) is 5. The summed E-state index contributed by atoms with van der Waals surface area (Å²) in [6.45, 7) is 6.09. The molecule has 3 N–H and O–H groups in total. The smallest absolute Gasteiger partial charge is 0.192 e. The van der Waals surface area contributed by atoms with E-state index in [1.165, 1.54) is 29.5 Å². The number of aromatic nitrogens is 1. The molecule has 2 rings (SSSR count). The van der Waals surface area contributed by atoms with Crippen LogP contribution in [0, 0.1) is 5.82 Å². The van der Waals surface area contributed by atoms with Gasteiger partial charge in [0.2, 0.25) is 0 Å². The second-order valence-electron chi connectivity index (χ2n) is 7.94. The Bertz CT molecular complexity index is 1200. The lowest BCUT2D eigenvalue weighted by Gasteiger charge is -2.13. The number of benzene rings is 1. The number of guanidine groups is 1. The van der Waals surface area contributed by atoms with E-state index in [9.17, 15) is 12.8 Å². The Hall–Kier alpha value is -1.50. The van der Waals surface area contributed by atoms with E-state index in [1.54, 1.807) is 7.05 Å². The molecular formula is C21H25ClFIN4O2S2. The van der Waals surface area contributed by atoms with Crippen molar-refractivity contribution in [1.29, 1.82) is 0 Å². The number of aliphatic imine (C=N–C) groups is 1. The van der Waals surface area contributed by atoms with Gasteiger partial charge in [-0.3, -0.25) is 4.99 Å². The first-order valence-corrected chi connectivity index (χ1v) is 14.1. The zero-order valence-electron chi connectivity index (χ0n) is 18.3. The summed E-state index contributed by atoms with van der Waals surface area (Å²) in [6.07, 6.45) is 4.26. The van der Waals surface area contributed by atoms with Crippen LogP contribution in [0.5, 0.6) is 0 Å². The molecule has 0 amide bonds. The second kappa shape index (κ2) is 10.6. The number of hydrogen-bond donors (Lipinski definition) is 2. The zero-order valence-corrected chi connectivity index (χ0v) is 22.9. The summed E-state index contributed by atoms with van der Waals surface area (Å²) in [6, 6.07) is 2.48. The molecule has 2 aromatic rings. The molecule has 1 aromatic heterocycles. The molecule has 6 nitrogen and oxygen atoms in total. The Balaban J connectivity index is 2.82. The largest absolute Gasteiger partial charge is 0.370 e. The molecule has 0 spiro atoms. The van der Waals surface area contributed by atoms with Crippen LogP contribution in [0.3, 0.4) is 0 Å². The zero-order chi connectivity index (χ0) is 24.3. The predicted molar refractivity (Wildman–Crippen MR) is 143 cm³/mol. The molecule has 11 heteroatoms. The number of nitrogens with one attached hydrogen (secondary N) is 1. The predicted octanol–water partition coefficient (Wildman–Crippen LogP) is 5.23. The first-order chi connectivity index (χ1) is 14.8. The number of nitrogens with zero attached hydrogens (tertiary/aromatic N) is 2. The molecule has 1 aromatic carbocycles. The van der Waals surface area contributed by atoms with Gasteiger partial charge in [-0.1, -0.05) is 55.0 Å². The maximum Gasteiger partial charge on any atom is 0.192 e. The Morgan fingerprint density at radius 2 is 2.06 bits per heavy atom. The van der Waals surface area contributed by atoms with Gasteiger partial charge in [0.1, 0.15) is 5.82 Å². The van der Waals surface area contributed by atoms with Crippen LogP contribution in [0.2, 0.25) is 5.02 Å². The van der Waals surface area contributed by atoms with Crippen LogP contribution < -0.4 is 11.1 Å². The van der Waals surface area contributed by atoms with Gasteiger partial charge in [0.25, 0.3) is 0 Å². The molecule has 0 saturated heterocycles. The van der Waals surface area contributed by atoms with Crippen molar-refractivity contribution in [2.75, 3.05) is 17.7 Å². The van der Waals surface area contributed by atoms with Crippen LogP contribution in [0.1, 0.15) is 36.2 Å². The standard InChI is InChI=1S/C21H25ClFIN4O2S2/c1-21(2,3)19-28-17(18(31-19)15(6-8-24)27-20(25)26-4)14-11-13(23)10-12(16(14)22)7-9-32(5,29)30/h6-7,9-11H,8H2,1-5H3,(H3,25,26,27)/b9-7-,15-6-. The van der Waals surface area contributed by atoms with Crippen molar-refractivity contribution in [2.24, 2.45) is 10.7 Å². The van der Waals surface area contributed by atoms with E-state index in [-0.39, 0.29) is 22.0 Å². The summed E-state index contributed by atoms with van der Waals surface area (Å²) in [7, 11) is -1.84. The minimum atomic E-state index is -3.41. The highest BCUT2D eigenvalue weighted by Crippen LogP contribution is 2.41. The lowest BCUT2D eigenvalue weighted by atomic mass is 9.98. The van der Waals surface area contributed by atoms with Crippen molar-refractivity contribution in [1.82, 2.24) is 10.3 Å². The van der Waals surface area contributed by atoms with Crippen molar-refractivity contribution in [3.8, 4) is 11.3 Å². The highest BCUT2D eigenvalue weighted by molar-refractivity contribution is 14.1. The van der Waals surface area contributed by atoms with E-state index in [0.717, 1.165) is 21.5 Å². The summed E-state index contributed by atoms with van der Waals surface area (Å²) in [5, 5.41) is 5.09. The van der Waals surface area contributed by atoms with Crippen LogP contribution >= 0.6 is 45.5 Å². The summed E-state index contributed by atoms with van der Waals surface area (Å²) in [5.41, 5.74) is 7.40. The molecule has 0 bridgehead atoms. The maximum atomic E-state index is 14.6. The van der Waals surface area contributed by atoms with Crippen LogP contribution in [-0.4, -0.2) is 37.1 Å². The number of nitrogens with two attached hydrogens (primary N) is 1. The quantitative estimate of drug-likeness (QED) is 0.202. The second-order valence-corrected chi connectivity index (χ2v) is 12.1. The third-order valence-electron chi connectivity index (χ3n) is 4.11. The molecule has 174 valence electrons. The highest BCUT2D eigenvalue weighted by Gasteiger charge is 2.26. The first-order valence-electron chi connectivity index (χ1n) is 9.41. The monoisotopic (exact) mass is 610 g/mol. The third-order valence-corrected chi connectivity index (χ3v) is 7.12. The van der Waals surface area contributed by atoms with Gasteiger partial charge in [-0.25, -0.2) is 17.8 Å². The topological polar surface area (TPSA) is 97.4 Å². The van der Waals surface area contributed by atoms with Crippen molar-refractivity contribution in [3.05, 3.63) is 49.9 Å². The molecule has 32 heavy (non-hydrogen) atoms. The van der Waals surface area contributed by atoms with Gasteiger partial charge in [-0.05, 0) is 29.8 Å². The average molecular weight is 611 g/mol. The van der Waals surface area contributed by atoms with E-state index in [2.05, 4.69) is 32.9 Å². The Kier molecular flexibility index (Phi) is 8.88. The van der Waals surface area contributed by atoms with E-state index >= 15 is 0 Å². The lowest BCUT2D eigenvalue weighted by Crippen LogP contribution is -2.30. The fourth-order valence-electron chi connectivity index (χ4n) is 2.58. The summed E-state index contributed by atoms with van der Waals surface area (Å²) in [4.78, 5) is 9.49. The molecule has 1 heterocycles. The van der Waals surface area contributed by atoms with Gasteiger partial charge in [-0.15, -0.1) is 11.3 Å². The van der Waals surface area contributed by atoms with Gasteiger partial charge >= 0.3 is 0 Å². The number of sulfone groups is 1. The minimum absolute atomic E-state index is 0.198. The summed E-state index contributed by atoms with van der Waals surface area (Å²) < 4.78 is 38.3. The molecule has 0 saturated carbocycles. The van der Waals surface area contributed by atoms with E-state index in [1.807, 2.05) is 26.8 Å². The fourth-order valence-corrected chi connectivity index (χ4v) is 4.81. The first kappa shape index (κ1) is 26.7. The van der Waals surface area contributed by atoms with Crippen LogP contribution in [0.25, 0.3) is 23.0 Å². The van der Waals surface area contributed by atoms with Crippen molar-refractivity contribution in [2.45, 2.75) is 26.2 Å². The number of halogens is 3. The third kappa shape index (κ3) is 7.00. The highest BCUT2D eigenvalue weighted by atomic mass is 127. The Morgan fingerprint density at radius 1 is 1.41 bits per heavy atom. The number of thiazole rings is 1. The number of alkyl halides is 1. The number of allylic oxidation sites excluding steroid dienone is 1. The maximum absolute atomic E-state index is 14.6. The Morgan fingerprint density at radius 3 is 2.59 bits per heavy atom. The van der Waals surface area contributed by atoms with Crippen molar-refractivity contribution < 1.29 is 12.8 Å². The van der Waals surface area contributed by atoms with E-state index in [4.69, 9.17) is 22.3 Å². The normalized spacial score (nSPS) is 13.8.